The van der Waals surface area contributed by atoms with Gasteiger partial charge in [0.25, 0.3) is 0 Å². The van der Waals surface area contributed by atoms with Gasteiger partial charge in [-0.05, 0) is 13.1 Å². The molecular weight excluding hydrogens is 192 g/mol. The van der Waals surface area contributed by atoms with Crippen molar-refractivity contribution in [2.75, 3.05) is 32.0 Å². The number of rotatable bonds is 6. The third-order valence-corrected chi connectivity index (χ3v) is 2.20. The number of anilines is 1. The third-order valence-electron chi connectivity index (χ3n) is 2.20. The minimum absolute atomic E-state index is 0.408. The summed E-state index contributed by atoms with van der Waals surface area (Å²) in [5.41, 5.74) is 5.41. The molecule has 0 amide bonds. The number of nitrogens with two attached hydrogens (primary N) is 1. The van der Waals surface area contributed by atoms with Gasteiger partial charge in [-0.3, -0.25) is 0 Å². The molecule has 5 nitrogen and oxygen atoms in total. The standard InChI is InChI=1S/C10H18N4O/c1-3-14(4-2)5-6-15-10-8-12-9(11)7-13-10/h7-8H,3-6H2,1-2H3,(H2,11,12). The first-order valence-corrected chi connectivity index (χ1v) is 5.19. The summed E-state index contributed by atoms with van der Waals surface area (Å²) >= 11 is 0. The van der Waals surface area contributed by atoms with Gasteiger partial charge in [0.1, 0.15) is 12.4 Å². The molecule has 1 heterocycles. The molecule has 0 bridgehead atoms. The number of aromatic nitrogens is 2. The molecule has 0 unspecified atom stereocenters. The minimum Gasteiger partial charge on any atom is -0.475 e. The predicted octanol–water partition coefficient (Wildman–Crippen LogP) is 0.779. The zero-order chi connectivity index (χ0) is 11.1. The topological polar surface area (TPSA) is 64.3 Å². The maximum atomic E-state index is 5.42. The largest absolute Gasteiger partial charge is 0.475 e. The summed E-state index contributed by atoms with van der Waals surface area (Å²) in [6.45, 7) is 7.86. The van der Waals surface area contributed by atoms with Crippen LogP contribution in [0.15, 0.2) is 12.4 Å². The van der Waals surface area contributed by atoms with Gasteiger partial charge in [0.05, 0.1) is 12.4 Å². The van der Waals surface area contributed by atoms with E-state index < -0.39 is 0 Å². The van der Waals surface area contributed by atoms with Crippen molar-refractivity contribution in [2.24, 2.45) is 0 Å². The summed E-state index contributed by atoms with van der Waals surface area (Å²) in [6, 6.07) is 0. The van der Waals surface area contributed by atoms with E-state index in [2.05, 4.69) is 28.7 Å². The zero-order valence-electron chi connectivity index (χ0n) is 9.31. The van der Waals surface area contributed by atoms with E-state index in [4.69, 9.17) is 10.5 Å². The fraction of sp³-hybridized carbons (Fsp3) is 0.600. The van der Waals surface area contributed by atoms with Gasteiger partial charge in [-0.2, -0.15) is 0 Å². The molecule has 1 aromatic heterocycles. The summed E-state index contributed by atoms with van der Waals surface area (Å²) in [7, 11) is 0. The lowest BCUT2D eigenvalue weighted by molar-refractivity contribution is 0.217. The first kappa shape index (κ1) is 11.7. The normalized spacial score (nSPS) is 10.6. The van der Waals surface area contributed by atoms with Crippen molar-refractivity contribution in [3.05, 3.63) is 12.4 Å². The van der Waals surface area contributed by atoms with Gasteiger partial charge in [0.15, 0.2) is 0 Å². The highest BCUT2D eigenvalue weighted by Crippen LogP contribution is 2.04. The van der Waals surface area contributed by atoms with Crippen LogP contribution in [0.2, 0.25) is 0 Å². The van der Waals surface area contributed by atoms with Crippen LogP contribution in [0, 0.1) is 0 Å². The number of nitrogen functional groups attached to an aromatic ring is 1. The molecule has 0 radical (unpaired) electrons. The van der Waals surface area contributed by atoms with Crippen molar-refractivity contribution in [1.29, 1.82) is 0 Å². The molecule has 0 aliphatic heterocycles. The number of hydrogen-bond acceptors (Lipinski definition) is 5. The highest BCUT2D eigenvalue weighted by Gasteiger charge is 2.00. The van der Waals surface area contributed by atoms with Gasteiger partial charge in [0, 0.05) is 6.54 Å². The molecule has 0 saturated carbocycles. The number of hydrogen-bond donors (Lipinski definition) is 1. The van der Waals surface area contributed by atoms with Crippen molar-refractivity contribution >= 4 is 5.82 Å². The van der Waals surface area contributed by atoms with Crippen molar-refractivity contribution in [1.82, 2.24) is 14.9 Å². The molecule has 5 heteroatoms. The quantitative estimate of drug-likeness (QED) is 0.751. The van der Waals surface area contributed by atoms with Gasteiger partial charge in [0.2, 0.25) is 5.88 Å². The maximum absolute atomic E-state index is 5.42. The second kappa shape index (κ2) is 6.19. The van der Waals surface area contributed by atoms with Crippen LogP contribution in [0.25, 0.3) is 0 Å². The third kappa shape index (κ3) is 4.12. The van der Waals surface area contributed by atoms with E-state index in [9.17, 15) is 0 Å². The summed E-state index contributed by atoms with van der Waals surface area (Å²) < 4.78 is 5.42. The Morgan fingerprint density at radius 1 is 1.27 bits per heavy atom. The lowest BCUT2D eigenvalue weighted by Crippen LogP contribution is -2.28. The van der Waals surface area contributed by atoms with Gasteiger partial charge in [-0.1, -0.05) is 13.8 Å². The van der Waals surface area contributed by atoms with E-state index in [0.717, 1.165) is 19.6 Å². The van der Waals surface area contributed by atoms with Crippen LogP contribution in [0.5, 0.6) is 5.88 Å². The minimum atomic E-state index is 0.408. The number of nitrogens with zero attached hydrogens (tertiary/aromatic N) is 3. The van der Waals surface area contributed by atoms with Crippen molar-refractivity contribution in [3.8, 4) is 5.88 Å². The van der Waals surface area contributed by atoms with Gasteiger partial charge in [-0.15, -0.1) is 0 Å². The molecule has 0 saturated heterocycles. The van der Waals surface area contributed by atoms with Gasteiger partial charge >= 0.3 is 0 Å². The molecule has 1 rings (SSSR count). The van der Waals surface area contributed by atoms with Crippen LogP contribution in [0.1, 0.15) is 13.8 Å². The lowest BCUT2D eigenvalue weighted by atomic mass is 10.5. The summed E-state index contributed by atoms with van der Waals surface area (Å²) in [6.07, 6.45) is 3.03. The molecule has 1 aromatic rings. The Kier molecular flexibility index (Phi) is 4.83. The predicted molar refractivity (Wildman–Crippen MR) is 59.7 cm³/mol. The molecule has 0 aliphatic carbocycles. The molecule has 84 valence electrons. The molecule has 2 N–H and O–H groups in total. The Morgan fingerprint density at radius 3 is 2.53 bits per heavy atom. The van der Waals surface area contributed by atoms with E-state index >= 15 is 0 Å². The maximum Gasteiger partial charge on any atom is 0.232 e. The Bertz CT molecular complexity index is 271. The highest BCUT2D eigenvalue weighted by molar-refractivity contribution is 5.24. The zero-order valence-corrected chi connectivity index (χ0v) is 9.31. The van der Waals surface area contributed by atoms with Crippen LogP contribution in [-0.2, 0) is 0 Å². The summed E-state index contributed by atoms with van der Waals surface area (Å²) in [5.74, 6) is 0.933. The fourth-order valence-electron chi connectivity index (χ4n) is 1.22. The average molecular weight is 210 g/mol. The monoisotopic (exact) mass is 210 g/mol. The molecule has 0 fully saturated rings. The SMILES string of the molecule is CCN(CC)CCOc1cnc(N)cn1. The summed E-state index contributed by atoms with van der Waals surface area (Å²) in [4.78, 5) is 10.2. The van der Waals surface area contributed by atoms with Crippen LogP contribution in [0.4, 0.5) is 5.82 Å². The Balaban J connectivity index is 2.28. The number of likely N-dealkylation sites (N-methyl/N-ethyl adjacent to an activating group) is 1. The van der Waals surface area contributed by atoms with Crippen LogP contribution in [-0.4, -0.2) is 41.1 Å². The van der Waals surface area contributed by atoms with Gasteiger partial charge < -0.3 is 15.4 Å². The van der Waals surface area contributed by atoms with E-state index in [-0.39, 0.29) is 0 Å². The Labute approximate surface area is 90.3 Å². The van der Waals surface area contributed by atoms with E-state index in [1.807, 2.05) is 0 Å². The smallest absolute Gasteiger partial charge is 0.232 e. The average Bonchev–Trinajstić information content (AvgIpc) is 2.27. The van der Waals surface area contributed by atoms with Crippen molar-refractivity contribution in [2.45, 2.75) is 13.8 Å². The van der Waals surface area contributed by atoms with E-state index in [1.165, 1.54) is 12.4 Å². The molecule has 0 spiro atoms. The van der Waals surface area contributed by atoms with Crippen LogP contribution in [0.3, 0.4) is 0 Å². The highest BCUT2D eigenvalue weighted by atomic mass is 16.5. The molecular formula is C10H18N4O. The molecule has 0 aliphatic rings. The summed E-state index contributed by atoms with van der Waals surface area (Å²) in [5, 5.41) is 0. The molecule has 0 aromatic carbocycles. The lowest BCUT2D eigenvalue weighted by Gasteiger charge is -2.17. The molecule has 15 heavy (non-hydrogen) atoms. The van der Waals surface area contributed by atoms with Crippen LogP contribution < -0.4 is 10.5 Å². The Morgan fingerprint density at radius 2 is 2.00 bits per heavy atom. The number of ether oxygens (including phenoxy) is 1. The molecule has 0 atom stereocenters. The first-order chi connectivity index (χ1) is 7.26. The van der Waals surface area contributed by atoms with Crippen molar-refractivity contribution < 1.29 is 4.74 Å². The van der Waals surface area contributed by atoms with E-state index in [1.54, 1.807) is 0 Å². The van der Waals surface area contributed by atoms with E-state index in [0.29, 0.717) is 18.3 Å². The van der Waals surface area contributed by atoms with Crippen molar-refractivity contribution in [3.63, 3.8) is 0 Å². The second-order valence-electron chi connectivity index (χ2n) is 3.15. The first-order valence-electron chi connectivity index (χ1n) is 5.19. The van der Waals surface area contributed by atoms with Crippen LogP contribution >= 0.6 is 0 Å². The second-order valence-corrected chi connectivity index (χ2v) is 3.15. The Hall–Kier alpha value is -1.36. The fourth-order valence-corrected chi connectivity index (χ4v) is 1.22. The van der Waals surface area contributed by atoms with Gasteiger partial charge in [-0.25, -0.2) is 9.97 Å².